The Hall–Kier alpha value is 2.26. The molecule has 0 saturated carbocycles. The van der Waals surface area contributed by atoms with Gasteiger partial charge in [-0.3, -0.25) is 9.34 Å². The molecule has 1 fully saturated rings. The van der Waals surface area contributed by atoms with Gasteiger partial charge in [0, 0.05) is 84.6 Å². The Morgan fingerprint density at radius 1 is 0.333 bits per heavy atom. The van der Waals surface area contributed by atoms with Crippen LogP contribution in [0.4, 0.5) is 0 Å². The van der Waals surface area contributed by atoms with Gasteiger partial charge in [0.15, 0.2) is 0 Å². The maximum absolute atomic E-state index is 2.64. The molecule has 1 heterocycles. The number of hydrogen-bond donors (Lipinski definition) is 0. The van der Waals surface area contributed by atoms with Crippen molar-refractivity contribution in [3.8, 4) is 0 Å². The molecule has 0 N–H and O–H groups in total. The van der Waals surface area contributed by atoms with E-state index in [9.17, 15) is 0 Å². The predicted octanol–water partition coefficient (Wildman–Crippen LogP) is 5.27. The highest BCUT2D eigenvalue weighted by Crippen LogP contribution is 3.36. The summed E-state index contributed by atoms with van der Waals surface area (Å²) in [5.74, 6) is 0. The minimum absolute atomic E-state index is 0.201. The SMILES string of the molecule is CN(C)P1P([P+](N(C)C)(N(C)C)N(C)C)P(N(C)C)P1[P+](N(C)C)(N(C)C)N(C)C. The van der Waals surface area contributed by atoms with Crippen molar-refractivity contribution in [2.75, 3.05) is 113 Å². The van der Waals surface area contributed by atoms with Crippen molar-refractivity contribution < 1.29 is 0 Å². The van der Waals surface area contributed by atoms with Crippen LogP contribution >= 0.6 is 43.7 Å². The van der Waals surface area contributed by atoms with Gasteiger partial charge in [-0.1, -0.05) is 0 Å². The van der Waals surface area contributed by atoms with Crippen LogP contribution in [0.25, 0.3) is 0 Å². The molecule has 0 spiro atoms. The molecular weight excluding hydrogens is 490 g/mol. The van der Waals surface area contributed by atoms with Crippen LogP contribution in [0.1, 0.15) is 0 Å². The smallest absolute Gasteiger partial charge is 0.255 e. The van der Waals surface area contributed by atoms with Crippen molar-refractivity contribution in [1.29, 1.82) is 0 Å². The normalized spacial score (nSPS) is 26.4. The van der Waals surface area contributed by atoms with E-state index in [1.54, 1.807) is 0 Å². The summed E-state index contributed by atoms with van der Waals surface area (Å²) in [5.41, 5.74) is 0. The van der Waals surface area contributed by atoms with Gasteiger partial charge >= 0.3 is 0 Å². The Balaban J connectivity index is 3.87. The van der Waals surface area contributed by atoms with Crippen molar-refractivity contribution in [2.45, 2.75) is 0 Å². The second-order valence-electron chi connectivity index (χ2n) is 8.92. The molecule has 0 bridgehead atoms. The van der Waals surface area contributed by atoms with E-state index in [0.717, 1.165) is 0 Å². The van der Waals surface area contributed by atoms with E-state index in [0.29, 0.717) is 0 Å². The maximum atomic E-state index is 2.64. The van der Waals surface area contributed by atoms with E-state index in [2.05, 4.69) is 150 Å². The predicted molar refractivity (Wildman–Crippen MR) is 151 cm³/mol. The lowest BCUT2D eigenvalue weighted by atomic mass is 11.2. The van der Waals surface area contributed by atoms with E-state index in [4.69, 9.17) is 0 Å². The van der Waals surface area contributed by atoms with Crippen LogP contribution in [0.2, 0.25) is 0 Å². The van der Waals surface area contributed by atoms with Crippen LogP contribution in [0.15, 0.2) is 0 Å². The van der Waals surface area contributed by atoms with Gasteiger partial charge in [0.25, 0.3) is 14.8 Å². The first kappa shape index (κ1) is 30.3. The first-order chi connectivity index (χ1) is 13.5. The molecule has 0 aromatic carbocycles. The highest BCUT2D eigenvalue weighted by atomic mass is 33.3. The van der Waals surface area contributed by atoms with Crippen LogP contribution in [0.5, 0.6) is 0 Å². The molecule has 1 rings (SSSR count). The first-order valence-corrected chi connectivity index (χ1v) is 22.8. The van der Waals surface area contributed by atoms with Crippen LogP contribution in [-0.2, 0) is 0 Å². The summed E-state index contributed by atoms with van der Waals surface area (Å²) in [5, 5.41) is 0. The van der Waals surface area contributed by atoms with Crippen LogP contribution in [-0.4, -0.2) is 150 Å². The quantitative estimate of drug-likeness (QED) is 0.348. The molecule has 0 aliphatic carbocycles. The van der Waals surface area contributed by atoms with Crippen molar-refractivity contribution in [3.63, 3.8) is 0 Å². The van der Waals surface area contributed by atoms with E-state index in [-0.39, 0.29) is 28.9 Å². The molecule has 0 unspecified atom stereocenters. The van der Waals surface area contributed by atoms with Gasteiger partial charge in [-0.05, 0) is 28.2 Å². The molecule has 0 radical (unpaired) electrons. The molecule has 0 aromatic heterocycles. The molecule has 1 aliphatic rings. The lowest BCUT2D eigenvalue weighted by molar-refractivity contribution is 0.481. The summed E-state index contributed by atoms with van der Waals surface area (Å²) in [7, 11) is 33.5. The molecule has 1 aliphatic heterocycles. The Kier molecular flexibility index (Phi) is 11.4. The van der Waals surface area contributed by atoms with Crippen molar-refractivity contribution in [1.82, 2.24) is 37.4 Å². The maximum Gasteiger partial charge on any atom is 0.255 e. The standard InChI is InChI=1S/C16H48N8P6/c1-17(2)25-27(29(19(5)6,20(7)8)21(9)10)26(18(3)4)28(25)30(22(11)12,23(13)14)24(15)16/h1-16H3/q+2. The Bertz CT molecular complexity index is 460. The summed E-state index contributed by atoms with van der Waals surface area (Å²) in [6, 6.07) is 0. The van der Waals surface area contributed by atoms with Crippen molar-refractivity contribution >= 4 is 43.7 Å². The number of hydrogen-bond acceptors (Lipinski definition) is 8. The summed E-state index contributed by atoms with van der Waals surface area (Å²) in [4.78, 5) is 0. The molecule has 14 heteroatoms. The van der Waals surface area contributed by atoms with Crippen LogP contribution in [0, 0.1) is 0 Å². The molecule has 30 heavy (non-hydrogen) atoms. The monoisotopic (exact) mass is 538 g/mol. The molecule has 0 atom stereocenters. The molecule has 180 valence electrons. The fraction of sp³-hybridized carbons (Fsp3) is 1.00. The average molecular weight is 538 g/mol. The Morgan fingerprint density at radius 2 is 0.500 bits per heavy atom. The van der Waals surface area contributed by atoms with Crippen LogP contribution < -0.4 is 0 Å². The Labute approximate surface area is 193 Å². The van der Waals surface area contributed by atoms with Crippen molar-refractivity contribution in [3.05, 3.63) is 0 Å². The summed E-state index contributed by atoms with van der Waals surface area (Å²) < 4.78 is 20.8. The summed E-state index contributed by atoms with van der Waals surface area (Å²) in [6.07, 6.45) is 0. The van der Waals surface area contributed by atoms with E-state index < -0.39 is 14.8 Å². The van der Waals surface area contributed by atoms with Gasteiger partial charge in [0.1, 0.15) is 14.9 Å². The average Bonchev–Trinajstić information content (AvgIpc) is 2.50. The fourth-order valence-corrected chi connectivity index (χ4v) is 109. The molecular formula is C16H48N8P6+2. The molecule has 1 saturated heterocycles. The lowest BCUT2D eigenvalue weighted by Gasteiger charge is -2.61. The summed E-state index contributed by atoms with van der Waals surface area (Å²) >= 11 is 0. The van der Waals surface area contributed by atoms with Gasteiger partial charge in [-0.25, -0.2) is 0 Å². The highest BCUT2D eigenvalue weighted by molar-refractivity contribution is 9.26. The van der Waals surface area contributed by atoms with Gasteiger partial charge in [-0.2, -0.15) is 28.0 Å². The zero-order valence-electron chi connectivity index (χ0n) is 22.3. The second-order valence-corrected chi connectivity index (χ2v) is 42.2. The van der Waals surface area contributed by atoms with Gasteiger partial charge in [-0.15, -0.1) is 0 Å². The Morgan fingerprint density at radius 3 is 0.600 bits per heavy atom. The fourth-order valence-electron chi connectivity index (χ4n) is 4.43. The molecule has 8 nitrogen and oxygen atoms in total. The third-order valence-electron chi connectivity index (χ3n) is 5.06. The van der Waals surface area contributed by atoms with E-state index in [1.165, 1.54) is 0 Å². The minimum Gasteiger partial charge on any atom is -0.275 e. The largest absolute Gasteiger partial charge is 0.275 e. The zero-order chi connectivity index (χ0) is 23.9. The lowest BCUT2D eigenvalue weighted by Crippen LogP contribution is -2.38. The van der Waals surface area contributed by atoms with Crippen LogP contribution in [0.3, 0.4) is 0 Å². The zero-order valence-corrected chi connectivity index (χ0v) is 27.6. The number of rotatable bonds is 10. The molecule has 0 amide bonds. The third kappa shape index (κ3) is 4.70. The topological polar surface area (TPSA) is 25.9 Å². The van der Waals surface area contributed by atoms with Gasteiger partial charge in [0.2, 0.25) is 14.0 Å². The minimum atomic E-state index is -1.62. The van der Waals surface area contributed by atoms with Gasteiger partial charge in [0.05, 0.1) is 0 Å². The second kappa shape index (κ2) is 11.3. The van der Waals surface area contributed by atoms with Crippen molar-refractivity contribution in [2.24, 2.45) is 0 Å². The van der Waals surface area contributed by atoms with E-state index in [1.807, 2.05) is 0 Å². The van der Waals surface area contributed by atoms with E-state index >= 15 is 0 Å². The summed E-state index contributed by atoms with van der Waals surface area (Å²) in [6.45, 7) is -0.401. The molecule has 0 aromatic rings. The van der Waals surface area contributed by atoms with Gasteiger partial charge < -0.3 is 0 Å². The third-order valence-corrected chi connectivity index (χ3v) is 70.1. The highest BCUT2D eigenvalue weighted by Gasteiger charge is 2.82. The number of nitrogens with zero attached hydrogens (tertiary/aromatic N) is 8. The first-order valence-electron chi connectivity index (χ1n) is 9.96.